The van der Waals surface area contributed by atoms with E-state index < -0.39 is 34.0 Å². The molecular formula is C25H20F4N6O5S. The molecule has 0 bridgehead atoms. The second-order valence-electron chi connectivity index (χ2n) is 8.00. The van der Waals surface area contributed by atoms with E-state index in [2.05, 4.69) is 29.7 Å². The van der Waals surface area contributed by atoms with Gasteiger partial charge in [0.25, 0.3) is 10.0 Å². The molecule has 0 aliphatic rings. The summed E-state index contributed by atoms with van der Waals surface area (Å²) in [6.45, 7) is 0. The summed E-state index contributed by atoms with van der Waals surface area (Å²) < 4.78 is 88.7. The van der Waals surface area contributed by atoms with E-state index in [4.69, 9.17) is 4.74 Å². The van der Waals surface area contributed by atoms with Gasteiger partial charge in [-0.15, -0.1) is 13.2 Å². The monoisotopic (exact) mass is 592 g/mol. The van der Waals surface area contributed by atoms with Crippen LogP contribution in [0.25, 0.3) is 11.1 Å². The number of hydrogen-bond acceptors (Lipinski definition) is 8. The van der Waals surface area contributed by atoms with Crippen molar-refractivity contribution in [3.8, 4) is 22.6 Å². The maximum Gasteiger partial charge on any atom is 0.573 e. The second kappa shape index (κ2) is 11.6. The largest absolute Gasteiger partial charge is 0.573 e. The van der Waals surface area contributed by atoms with Crippen LogP contribution in [0, 0.1) is 5.82 Å². The number of aromatic nitrogens is 3. The molecule has 0 aliphatic carbocycles. The highest BCUT2D eigenvalue weighted by Crippen LogP contribution is 2.38. The zero-order valence-electron chi connectivity index (χ0n) is 21.2. The van der Waals surface area contributed by atoms with Crippen molar-refractivity contribution < 1.29 is 40.2 Å². The number of alkyl halides is 3. The fraction of sp³-hybridized carbons (Fsp3) is 0.120. The Morgan fingerprint density at radius 1 is 0.951 bits per heavy atom. The van der Waals surface area contributed by atoms with Crippen LogP contribution in [-0.4, -0.2) is 49.9 Å². The van der Waals surface area contributed by atoms with Gasteiger partial charge in [0.2, 0.25) is 5.95 Å². The molecule has 0 aliphatic heterocycles. The van der Waals surface area contributed by atoms with E-state index >= 15 is 0 Å². The number of carbonyl (C=O) groups excluding carboxylic acids is 1. The maximum absolute atomic E-state index is 13.9. The van der Waals surface area contributed by atoms with Crippen LogP contribution in [0.5, 0.6) is 11.5 Å². The number of pyridine rings is 1. The number of methoxy groups -OCH3 is 1. The number of nitrogens with one attached hydrogen (secondary N) is 2. The van der Waals surface area contributed by atoms with E-state index in [-0.39, 0.29) is 33.7 Å². The summed E-state index contributed by atoms with van der Waals surface area (Å²) in [4.78, 5) is 25.5. The molecular weight excluding hydrogens is 572 g/mol. The van der Waals surface area contributed by atoms with Gasteiger partial charge >= 0.3 is 12.4 Å². The number of anilines is 3. The van der Waals surface area contributed by atoms with Crippen LogP contribution in [0.3, 0.4) is 0 Å². The van der Waals surface area contributed by atoms with Gasteiger partial charge in [-0.1, -0.05) is 12.1 Å². The molecule has 214 valence electrons. The molecule has 2 amide bonds. The summed E-state index contributed by atoms with van der Waals surface area (Å²) in [6, 6.07) is 10.6. The summed E-state index contributed by atoms with van der Waals surface area (Å²) in [6.07, 6.45) is -1.35. The van der Waals surface area contributed by atoms with Gasteiger partial charge in [-0.05, 0) is 53.6 Å². The molecule has 2 aromatic carbocycles. The van der Waals surface area contributed by atoms with E-state index in [0.717, 1.165) is 23.2 Å². The highest BCUT2D eigenvalue weighted by molar-refractivity contribution is 7.92. The highest BCUT2D eigenvalue weighted by Gasteiger charge is 2.32. The number of urea groups is 1. The Balaban J connectivity index is 1.68. The number of rotatable bonds is 8. The highest BCUT2D eigenvalue weighted by atomic mass is 32.2. The number of nitrogens with zero attached hydrogens (tertiary/aromatic N) is 4. The number of sulfonamides is 1. The second-order valence-corrected chi connectivity index (χ2v) is 9.68. The lowest BCUT2D eigenvalue weighted by Crippen LogP contribution is -2.35. The smallest absolute Gasteiger partial charge is 0.495 e. The van der Waals surface area contributed by atoms with Gasteiger partial charge in [-0.2, -0.15) is 0 Å². The molecule has 41 heavy (non-hydrogen) atoms. The van der Waals surface area contributed by atoms with Crippen molar-refractivity contribution in [2.75, 3.05) is 23.8 Å². The fourth-order valence-corrected chi connectivity index (χ4v) is 4.47. The Kier molecular flexibility index (Phi) is 8.23. The summed E-state index contributed by atoms with van der Waals surface area (Å²) in [5.74, 6) is -2.27. The van der Waals surface area contributed by atoms with Gasteiger partial charge < -0.3 is 14.8 Å². The first-order valence-corrected chi connectivity index (χ1v) is 12.9. The van der Waals surface area contributed by atoms with Gasteiger partial charge in [0, 0.05) is 25.6 Å². The van der Waals surface area contributed by atoms with Crippen molar-refractivity contribution in [3.05, 3.63) is 79.0 Å². The summed E-state index contributed by atoms with van der Waals surface area (Å²) in [7, 11) is -1.44. The van der Waals surface area contributed by atoms with E-state index in [1.54, 1.807) is 0 Å². The van der Waals surface area contributed by atoms with Crippen molar-refractivity contribution in [3.63, 3.8) is 0 Å². The number of carbonyl (C=O) groups is 1. The van der Waals surface area contributed by atoms with E-state index in [9.17, 15) is 30.8 Å². The average Bonchev–Trinajstić information content (AvgIpc) is 2.94. The molecule has 0 saturated carbocycles. The Labute approximate surface area is 230 Å². The third-order valence-corrected chi connectivity index (χ3v) is 6.69. The quantitative estimate of drug-likeness (QED) is 0.277. The van der Waals surface area contributed by atoms with Crippen LogP contribution in [0.4, 0.5) is 39.8 Å². The topological polar surface area (TPSA) is 136 Å². The van der Waals surface area contributed by atoms with Crippen LogP contribution in [0.1, 0.15) is 0 Å². The Morgan fingerprint density at radius 3 is 2.20 bits per heavy atom. The molecule has 2 N–H and O–H groups in total. The molecule has 11 nitrogen and oxygen atoms in total. The van der Waals surface area contributed by atoms with Crippen LogP contribution in [-0.2, 0) is 10.0 Å². The minimum atomic E-state index is -5.09. The average molecular weight is 593 g/mol. The molecule has 0 atom stereocenters. The van der Waals surface area contributed by atoms with E-state index in [0.29, 0.717) is 5.56 Å². The molecule has 4 aromatic rings. The van der Waals surface area contributed by atoms with Gasteiger partial charge in [0.15, 0.2) is 11.6 Å². The van der Waals surface area contributed by atoms with Crippen molar-refractivity contribution in [2.45, 2.75) is 11.3 Å². The number of halogens is 4. The zero-order valence-corrected chi connectivity index (χ0v) is 22.0. The Hall–Kier alpha value is -4.99. The predicted octanol–water partition coefficient (Wildman–Crippen LogP) is 4.86. The van der Waals surface area contributed by atoms with Crippen LogP contribution in [0.15, 0.2) is 78.1 Å². The van der Waals surface area contributed by atoms with Crippen molar-refractivity contribution >= 4 is 33.5 Å². The lowest BCUT2D eigenvalue weighted by molar-refractivity contribution is -0.275. The number of amides is 2. The molecule has 0 unspecified atom stereocenters. The van der Waals surface area contributed by atoms with Gasteiger partial charge in [-0.25, -0.2) is 42.2 Å². The summed E-state index contributed by atoms with van der Waals surface area (Å²) in [5.41, 5.74) is 0.644. The standard InChI is InChI=1S/C25H20F4N6O5S/c1-30-24(36)35(22-9-6-17(14-33-22)41(37,38)34-23-31-10-3-11-32-23)19-8-5-16(13-21(19)39-2)15-4-7-18(26)20(12-15)40-25(27,28)29/h3-14H,1-2H3,(H,30,36)(H,31,32,34). The molecule has 4 rings (SSSR count). The minimum absolute atomic E-state index is 0.00737. The first kappa shape index (κ1) is 29.0. The third-order valence-electron chi connectivity index (χ3n) is 5.38. The van der Waals surface area contributed by atoms with Crippen LogP contribution < -0.4 is 24.4 Å². The number of benzene rings is 2. The maximum atomic E-state index is 13.9. The molecule has 0 fully saturated rings. The minimum Gasteiger partial charge on any atom is -0.495 e. The molecule has 0 spiro atoms. The SMILES string of the molecule is CNC(=O)N(c1ccc(S(=O)(=O)Nc2ncccn2)cn1)c1ccc(-c2ccc(F)c(OC(F)(F)F)c2)cc1OC. The predicted molar refractivity (Wildman–Crippen MR) is 139 cm³/mol. The summed E-state index contributed by atoms with van der Waals surface area (Å²) >= 11 is 0. The lowest BCUT2D eigenvalue weighted by Gasteiger charge is -2.24. The number of ether oxygens (including phenoxy) is 2. The normalized spacial score (nSPS) is 11.5. The summed E-state index contributed by atoms with van der Waals surface area (Å²) in [5, 5.41) is 2.45. The molecule has 2 heterocycles. The molecule has 0 radical (unpaired) electrons. The fourth-order valence-electron chi connectivity index (χ4n) is 3.57. The van der Waals surface area contributed by atoms with Crippen molar-refractivity contribution in [2.24, 2.45) is 0 Å². The van der Waals surface area contributed by atoms with Gasteiger partial charge in [0.1, 0.15) is 16.5 Å². The van der Waals surface area contributed by atoms with Crippen molar-refractivity contribution in [1.82, 2.24) is 20.3 Å². The third kappa shape index (κ3) is 6.78. The van der Waals surface area contributed by atoms with Gasteiger partial charge in [-0.3, -0.25) is 0 Å². The van der Waals surface area contributed by atoms with Crippen molar-refractivity contribution in [1.29, 1.82) is 0 Å². The Bertz CT molecular complexity index is 1660. The van der Waals surface area contributed by atoms with Gasteiger partial charge in [0.05, 0.1) is 12.8 Å². The molecule has 2 aromatic heterocycles. The molecule has 0 saturated heterocycles. The Morgan fingerprint density at radius 2 is 1.61 bits per heavy atom. The van der Waals surface area contributed by atoms with Crippen LogP contribution >= 0.6 is 0 Å². The number of hydrogen-bond donors (Lipinski definition) is 2. The molecule has 16 heteroatoms. The first-order chi connectivity index (χ1) is 19.4. The van der Waals surface area contributed by atoms with Crippen LogP contribution in [0.2, 0.25) is 0 Å². The van der Waals surface area contributed by atoms with E-state index in [1.165, 1.54) is 69.0 Å². The zero-order chi connectivity index (χ0) is 29.8. The van der Waals surface area contributed by atoms with E-state index in [1.807, 2.05) is 0 Å². The lowest BCUT2D eigenvalue weighted by atomic mass is 10.0. The first-order valence-electron chi connectivity index (χ1n) is 11.4.